The Morgan fingerprint density at radius 2 is 1.33 bits per heavy atom. The molecule has 0 unspecified atom stereocenters. The molecular weight excluding hydrogens is 683 g/mol. The average molecular weight is 691 g/mol. The summed E-state index contributed by atoms with van der Waals surface area (Å²) in [5.41, 5.74) is -2.22. The van der Waals surface area contributed by atoms with E-state index in [0.29, 0.717) is 0 Å². The zero-order chi connectivity index (χ0) is 33.7. The number of nitrogens with zero attached hydrogens (tertiary/aromatic N) is 1. The third-order valence-electron chi connectivity index (χ3n) is 4.71. The number of carbonyl (C=O) groups excluding carboxylic acids is 1. The first-order chi connectivity index (χ1) is 18.3. The molecule has 242 valence electrons. The second kappa shape index (κ2) is 10.9. The lowest BCUT2D eigenvalue weighted by molar-refractivity contribution is -0.388. The van der Waals surface area contributed by atoms with E-state index >= 15 is 0 Å². The van der Waals surface area contributed by atoms with Gasteiger partial charge in [0.1, 0.15) is 4.90 Å². The molecule has 1 aromatic rings. The van der Waals surface area contributed by atoms with Gasteiger partial charge < -0.3 is 4.74 Å². The highest BCUT2D eigenvalue weighted by Gasteiger charge is 2.79. The number of nitro groups is 1. The highest BCUT2D eigenvalue weighted by molar-refractivity contribution is 7.93. The van der Waals surface area contributed by atoms with Gasteiger partial charge in [-0.2, -0.15) is 57.1 Å². The zero-order valence-electron chi connectivity index (χ0n) is 18.9. The number of alkyl halides is 15. The molecule has 0 N–H and O–H groups in total. The molecule has 0 amide bonds. The largest absolute Gasteiger partial charge is 0.461 e. The molecule has 0 spiro atoms. The first-order valence-corrected chi connectivity index (χ1v) is 12.6. The molecule has 0 aliphatic rings. The molecule has 1 aromatic carbocycles. The van der Waals surface area contributed by atoms with Crippen LogP contribution in [0, 0.1) is 10.1 Å². The molecule has 1 rings (SSSR count). The van der Waals surface area contributed by atoms with E-state index in [1.165, 1.54) is 0 Å². The molecule has 9 nitrogen and oxygen atoms in total. The van der Waals surface area contributed by atoms with Crippen LogP contribution in [0.2, 0.25) is 0 Å². The summed E-state index contributed by atoms with van der Waals surface area (Å²) in [5, 5.41) is 4.09. The van der Waals surface area contributed by atoms with Crippen molar-refractivity contribution in [1.29, 1.82) is 0 Å². The predicted molar refractivity (Wildman–Crippen MR) is 100 cm³/mol. The van der Waals surface area contributed by atoms with Crippen LogP contribution in [0.25, 0.3) is 0 Å². The number of rotatable bonds is 12. The van der Waals surface area contributed by atoms with Crippen molar-refractivity contribution in [3.63, 3.8) is 0 Å². The van der Waals surface area contributed by atoms with Crippen molar-refractivity contribution in [2.45, 2.75) is 51.3 Å². The van der Waals surface area contributed by atoms with Gasteiger partial charge in [0.15, 0.2) is 22.2 Å². The highest BCUT2D eigenvalue weighted by atomic mass is 32.2. The summed E-state index contributed by atoms with van der Waals surface area (Å²) >= 11 is 0. The van der Waals surface area contributed by atoms with Gasteiger partial charge in [-0.25, -0.2) is 25.6 Å². The van der Waals surface area contributed by atoms with Crippen LogP contribution in [0.15, 0.2) is 28.0 Å². The first kappa shape index (κ1) is 37.0. The van der Waals surface area contributed by atoms with Crippen molar-refractivity contribution in [3.05, 3.63) is 28.3 Å². The maximum absolute atomic E-state index is 13.8. The Morgan fingerprint density at radius 1 is 0.857 bits per heavy atom. The van der Waals surface area contributed by atoms with Crippen molar-refractivity contribution in [2.75, 3.05) is 12.4 Å². The third kappa shape index (κ3) is 6.17. The van der Waals surface area contributed by atoms with Crippen LogP contribution in [0.5, 0.6) is 0 Å². The monoisotopic (exact) mass is 691 g/mol. The van der Waals surface area contributed by atoms with Crippen LogP contribution in [-0.4, -0.2) is 81.6 Å². The normalized spacial score (nSPS) is 14.7. The summed E-state index contributed by atoms with van der Waals surface area (Å²) in [7, 11) is -13.0. The van der Waals surface area contributed by atoms with Gasteiger partial charge in [0.25, 0.3) is 15.5 Å². The predicted octanol–water partition coefficient (Wildman–Crippen LogP) is 4.65. The van der Waals surface area contributed by atoms with Crippen LogP contribution in [-0.2, 0) is 29.2 Å². The zero-order valence-corrected chi connectivity index (χ0v) is 20.6. The van der Waals surface area contributed by atoms with E-state index < -0.39 is 118 Å². The van der Waals surface area contributed by atoms with Crippen molar-refractivity contribution < 1.29 is 97.1 Å². The Kier molecular flexibility index (Phi) is 9.59. The summed E-state index contributed by atoms with van der Waals surface area (Å²) < 4.78 is 245. The van der Waals surface area contributed by atoms with Crippen LogP contribution in [0.3, 0.4) is 0 Å². The average Bonchev–Trinajstić information content (AvgIpc) is 2.80. The van der Waals surface area contributed by atoms with Crippen LogP contribution in [0.4, 0.5) is 71.5 Å². The SMILES string of the molecule is O=C(CS(=O)(=O)c1ccc(S(=O)(=O)C(F)(F)C(F)(F)C(F)(F)F)cc1[N+](=O)[O-])OCC(F)(F)C(F)(F)C(F)(F)C(F)F. The van der Waals surface area contributed by atoms with Gasteiger partial charge in [-0.1, -0.05) is 0 Å². The summed E-state index contributed by atoms with van der Waals surface area (Å²) in [6.45, 7) is -3.20. The molecule has 0 aromatic heterocycles. The summed E-state index contributed by atoms with van der Waals surface area (Å²) in [6.07, 6.45) is -12.6. The Morgan fingerprint density at radius 3 is 1.74 bits per heavy atom. The number of sulfone groups is 2. The lowest BCUT2D eigenvalue weighted by Crippen LogP contribution is -2.59. The molecular formula is C16H8F15NO8S2. The van der Waals surface area contributed by atoms with E-state index in [1.54, 1.807) is 0 Å². The molecule has 0 fully saturated rings. The van der Waals surface area contributed by atoms with Crippen LogP contribution in [0.1, 0.15) is 0 Å². The molecule has 0 bridgehead atoms. The molecule has 0 aliphatic heterocycles. The molecule has 42 heavy (non-hydrogen) atoms. The van der Waals surface area contributed by atoms with Gasteiger partial charge in [-0.15, -0.1) is 0 Å². The fraction of sp³-hybridized carbons (Fsp3) is 0.562. The molecule has 26 heteroatoms. The van der Waals surface area contributed by atoms with Gasteiger partial charge in [0.05, 0.1) is 9.82 Å². The Bertz CT molecular complexity index is 1440. The van der Waals surface area contributed by atoms with E-state index in [2.05, 4.69) is 4.74 Å². The second-order valence-corrected chi connectivity index (χ2v) is 11.6. The Balaban J connectivity index is 3.43. The number of hydrogen-bond donors (Lipinski definition) is 0. The quantitative estimate of drug-likeness (QED) is 0.134. The smallest absolute Gasteiger partial charge is 0.458 e. The van der Waals surface area contributed by atoms with Crippen LogP contribution >= 0.6 is 0 Å². The van der Waals surface area contributed by atoms with Gasteiger partial charge in [0.2, 0.25) is 0 Å². The number of hydrogen-bond acceptors (Lipinski definition) is 8. The lowest BCUT2D eigenvalue weighted by atomic mass is 10.1. The van der Waals surface area contributed by atoms with Crippen LogP contribution < -0.4 is 0 Å². The number of carbonyl (C=O) groups is 1. The molecule has 0 atom stereocenters. The minimum Gasteiger partial charge on any atom is -0.458 e. The second-order valence-electron chi connectivity index (χ2n) is 7.60. The van der Waals surface area contributed by atoms with E-state index in [4.69, 9.17) is 0 Å². The maximum Gasteiger partial charge on any atom is 0.461 e. The summed E-state index contributed by atoms with van der Waals surface area (Å²) in [5.74, 6) is -32.3. The van der Waals surface area contributed by atoms with E-state index in [0.717, 1.165) is 0 Å². The lowest BCUT2D eigenvalue weighted by Gasteiger charge is -2.31. The summed E-state index contributed by atoms with van der Waals surface area (Å²) in [6, 6.07) is -1.70. The third-order valence-corrected chi connectivity index (χ3v) is 8.14. The fourth-order valence-corrected chi connectivity index (χ4v) is 5.01. The molecule has 0 aliphatic carbocycles. The minimum atomic E-state index is -7.32. The molecule has 0 saturated carbocycles. The fourth-order valence-electron chi connectivity index (χ4n) is 2.47. The number of ether oxygens (including phenoxy) is 1. The van der Waals surface area contributed by atoms with E-state index in [1.807, 2.05) is 0 Å². The van der Waals surface area contributed by atoms with Crippen molar-refractivity contribution >= 4 is 31.3 Å². The Hall–Kier alpha value is -3.06. The Labute approximate surface area is 221 Å². The maximum atomic E-state index is 13.8. The number of nitro benzene ring substituents is 1. The molecule has 0 saturated heterocycles. The number of esters is 1. The van der Waals surface area contributed by atoms with Gasteiger partial charge >= 0.3 is 47.5 Å². The van der Waals surface area contributed by atoms with Gasteiger partial charge in [0, 0.05) is 6.07 Å². The minimum absolute atomic E-state index is 0.415. The number of halogens is 15. The van der Waals surface area contributed by atoms with Crippen molar-refractivity contribution in [1.82, 2.24) is 0 Å². The topological polar surface area (TPSA) is 138 Å². The van der Waals surface area contributed by atoms with Crippen molar-refractivity contribution in [2.24, 2.45) is 0 Å². The molecule has 0 heterocycles. The summed E-state index contributed by atoms with van der Waals surface area (Å²) in [4.78, 5) is 16.4. The van der Waals surface area contributed by atoms with Crippen molar-refractivity contribution in [3.8, 4) is 0 Å². The van der Waals surface area contributed by atoms with Gasteiger partial charge in [-0.05, 0) is 12.1 Å². The van der Waals surface area contributed by atoms with E-state index in [9.17, 15) is 97.6 Å². The standard InChI is InChI=1S/C16H8F15NO8S2/c17-10(18)12(21,22)13(23,24)11(19,20)5-40-9(33)4-41(36,37)8-2-1-6(3-7(8)32(34)35)42(38,39)16(30,31)14(25,26)15(27,28)29/h1-3,10H,4-5H2. The van der Waals surface area contributed by atoms with E-state index in [-0.39, 0.29) is 0 Å². The highest BCUT2D eigenvalue weighted by Crippen LogP contribution is 2.51. The molecule has 0 radical (unpaired) electrons. The number of benzene rings is 1. The first-order valence-electron chi connectivity index (χ1n) is 9.48. The van der Waals surface area contributed by atoms with Gasteiger partial charge in [-0.3, -0.25) is 14.9 Å².